The molecule has 33 heavy (non-hydrogen) atoms. The molecule has 6 nitrogen and oxygen atoms in total. The van der Waals surface area contributed by atoms with Gasteiger partial charge in [-0.05, 0) is 59.7 Å². The Hall–Kier alpha value is -4.94. The molecule has 2 heterocycles. The maximum Gasteiger partial charge on any atom is 0.193 e. The number of benzene rings is 4. The lowest BCUT2D eigenvalue weighted by Crippen LogP contribution is -2.24. The summed E-state index contributed by atoms with van der Waals surface area (Å²) in [7, 11) is 0. The Morgan fingerprint density at radius 3 is 1.42 bits per heavy atom. The van der Waals surface area contributed by atoms with Gasteiger partial charge in [-0.15, -0.1) is 0 Å². The minimum Gasteiger partial charge on any atom is -0.453 e. The van der Waals surface area contributed by atoms with Crippen LogP contribution in [-0.4, -0.2) is 0 Å². The number of nitrogens with zero attached hydrogens (tertiary/aromatic N) is 2. The van der Waals surface area contributed by atoms with Crippen LogP contribution in [0.3, 0.4) is 0 Å². The van der Waals surface area contributed by atoms with Crippen LogP contribution in [-0.2, 0) is 5.41 Å². The van der Waals surface area contributed by atoms with Crippen molar-refractivity contribution in [3.05, 3.63) is 96.1 Å². The summed E-state index contributed by atoms with van der Waals surface area (Å²) < 4.78 is 12.1. The van der Waals surface area contributed by atoms with E-state index in [1.54, 1.807) is 24.3 Å². The highest BCUT2D eigenvalue weighted by Gasteiger charge is 2.37. The molecule has 6 rings (SSSR count). The third-order valence-corrected chi connectivity index (χ3v) is 5.92. The topological polar surface area (TPSA) is 90.1 Å². The van der Waals surface area contributed by atoms with E-state index in [4.69, 9.17) is 9.47 Å². The van der Waals surface area contributed by atoms with Gasteiger partial charge in [0.2, 0.25) is 0 Å². The second-order valence-electron chi connectivity index (χ2n) is 7.84. The molecule has 0 atom stereocenters. The molecule has 6 heteroatoms. The Kier molecular flexibility index (Phi) is 4.02. The van der Waals surface area contributed by atoms with Gasteiger partial charge in [-0.1, -0.05) is 36.4 Å². The quantitative estimate of drug-likeness (QED) is 0.318. The fraction of sp³-hybridized carbons (Fsp3) is 0.0370. The monoisotopic (exact) mass is 428 g/mol. The smallest absolute Gasteiger partial charge is 0.193 e. The summed E-state index contributed by atoms with van der Waals surface area (Å²) in [5, 5.41) is 27.1. The van der Waals surface area contributed by atoms with Gasteiger partial charge in [-0.2, -0.15) is 10.5 Å². The molecule has 2 aliphatic heterocycles. The predicted molar refractivity (Wildman–Crippen MR) is 124 cm³/mol. The Morgan fingerprint density at radius 2 is 0.970 bits per heavy atom. The molecule has 4 aromatic carbocycles. The highest BCUT2D eigenvalue weighted by Crippen LogP contribution is 2.47. The minimum absolute atomic E-state index is 0.525. The van der Waals surface area contributed by atoms with Crippen LogP contribution in [0.4, 0.5) is 22.7 Å². The zero-order valence-electron chi connectivity index (χ0n) is 17.3. The Bertz CT molecular complexity index is 1400. The van der Waals surface area contributed by atoms with Crippen LogP contribution in [0.2, 0.25) is 0 Å². The van der Waals surface area contributed by atoms with E-state index in [9.17, 15) is 10.5 Å². The first-order valence-electron chi connectivity index (χ1n) is 10.4. The van der Waals surface area contributed by atoms with Crippen molar-refractivity contribution in [3.8, 4) is 35.1 Å². The highest BCUT2D eigenvalue weighted by molar-refractivity contribution is 5.78. The maximum absolute atomic E-state index is 10.2. The second-order valence-corrected chi connectivity index (χ2v) is 7.84. The van der Waals surface area contributed by atoms with Gasteiger partial charge < -0.3 is 20.1 Å². The summed E-state index contributed by atoms with van der Waals surface area (Å²) >= 11 is 0. The molecule has 156 valence electrons. The van der Waals surface area contributed by atoms with E-state index >= 15 is 0 Å². The van der Waals surface area contributed by atoms with Gasteiger partial charge in [0.15, 0.2) is 28.4 Å². The average Bonchev–Trinajstić information content (AvgIpc) is 2.87. The van der Waals surface area contributed by atoms with Crippen molar-refractivity contribution in [2.45, 2.75) is 5.41 Å². The Morgan fingerprint density at radius 1 is 0.545 bits per heavy atom. The summed E-state index contributed by atoms with van der Waals surface area (Å²) in [6.45, 7) is 0. The van der Waals surface area contributed by atoms with Crippen LogP contribution in [0.15, 0.2) is 84.9 Å². The first-order chi connectivity index (χ1) is 16.2. The van der Waals surface area contributed by atoms with Gasteiger partial charge in [-0.3, -0.25) is 0 Å². The van der Waals surface area contributed by atoms with Crippen LogP contribution in [0.5, 0.6) is 23.0 Å². The van der Waals surface area contributed by atoms with Crippen LogP contribution >= 0.6 is 0 Å². The van der Waals surface area contributed by atoms with Crippen molar-refractivity contribution in [3.63, 3.8) is 0 Å². The second kappa shape index (κ2) is 7.05. The molecule has 0 spiro atoms. The number of fused-ring (bicyclic) bond motifs is 4. The largest absolute Gasteiger partial charge is 0.453 e. The average molecular weight is 428 g/mol. The highest BCUT2D eigenvalue weighted by atomic mass is 16.5. The van der Waals surface area contributed by atoms with Crippen molar-refractivity contribution in [2.24, 2.45) is 0 Å². The third kappa shape index (κ3) is 2.86. The summed E-state index contributed by atoms with van der Waals surface area (Å²) in [6, 6.07) is 30.4. The molecule has 0 unspecified atom stereocenters. The summed E-state index contributed by atoms with van der Waals surface area (Å²) in [5.41, 5.74) is 2.79. The van der Waals surface area contributed by atoms with Crippen LogP contribution < -0.4 is 20.1 Å². The molecule has 4 aromatic rings. The minimum atomic E-state index is -1.54. The summed E-state index contributed by atoms with van der Waals surface area (Å²) in [4.78, 5) is 0. The molecule has 0 saturated carbocycles. The van der Waals surface area contributed by atoms with Gasteiger partial charge >= 0.3 is 0 Å². The SMILES string of the molecule is N#CC(C#N)(c1ccc2c(c1)Oc1ccccc1N2)c1ccc2c(c1)Oc1ccccc1N2. The lowest BCUT2D eigenvalue weighted by molar-refractivity contribution is 0.479. The van der Waals surface area contributed by atoms with Crippen molar-refractivity contribution in [2.75, 3.05) is 10.6 Å². The number of hydrogen-bond donors (Lipinski definition) is 2. The normalized spacial score (nSPS) is 12.5. The number of para-hydroxylation sites is 4. The van der Waals surface area contributed by atoms with E-state index < -0.39 is 5.41 Å². The molecule has 0 saturated heterocycles. The molecule has 0 aliphatic carbocycles. The van der Waals surface area contributed by atoms with E-state index in [2.05, 4.69) is 22.8 Å². The fourth-order valence-electron chi connectivity index (χ4n) is 4.18. The Labute approximate surface area is 190 Å². The number of anilines is 4. The molecular weight excluding hydrogens is 412 g/mol. The lowest BCUT2D eigenvalue weighted by atomic mass is 9.76. The summed E-state index contributed by atoms with van der Waals surface area (Å²) in [5.74, 6) is 2.50. The van der Waals surface area contributed by atoms with Crippen LogP contribution in [0.25, 0.3) is 0 Å². The number of hydrogen-bond acceptors (Lipinski definition) is 6. The van der Waals surface area contributed by atoms with E-state index in [1.165, 1.54) is 0 Å². The van der Waals surface area contributed by atoms with Crippen molar-refractivity contribution in [1.82, 2.24) is 0 Å². The van der Waals surface area contributed by atoms with Crippen molar-refractivity contribution < 1.29 is 9.47 Å². The molecule has 0 bridgehead atoms. The van der Waals surface area contributed by atoms with Gasteiger partial charge in [0.1, 0.15) is 0 Å². The van der Waals surface area contributed by atoms with E-state index in [0.29, 0.717) is 34.1 Å². The molecule has 0 radical (unpaired) electrons. The number of nitrogens with one attached hydrogen (secondary N) is 2. The van der Waals surface area contributed by atoms with E-state index in [0.717, 1.165) is 22.7 Å². The van der Waals surface area contributed by atoms with Gasteiger partial charge in [0, 0.05) is 0 Å². The van der Waals surface area contributed by atoms with E-state index in [1.807, 2.05) is 60.7 Å². The first kappa shape index (κ1) is 18.8. The zero-order valence-corrected chi connectivity index (χ0v) is 17.3. The molecule has 2 aliphatic rings. The third-order valence-electron chi connectivity index (χ3n) is 5.92. The number of rotatable bonds is 2. The standard InChI is InChI=1S/C27H16N4O2/c28-15-27(16-29,17-9-11-21-25(13-17)32-23-7-3-1-5-19(23)30-21)18-10-12-22-26(14-18)33-24-8-4-2-6-20(24)31-22/h1-14,30-31H. The number of nitriles is 2. The van der Waals surface area contributed by atoms with E-state index in [-0.39, 0.29) is 0 Å². The molecule has 0 amide bonds. The number of ether oxygens (including phenoxy) is 2. The zero-order chi connectivity index (χ0) is 22.4. The Balaban J connectivity index is 1.42. The van der Waals surface area contributed by atoms with Crippen molar-refractivity contribution >= 4 is 22.7 Å². The van der Waals surface area contributed by atoms with Crippen LogP contribution in [0, 0.1) is 22.7 Å². The van der Waals surface area contributed by atoms with Gasteiger partial charge in [0.25, 0.3) is 0 Å². The van der Waals surface area contributed by atoms with Gasteiger partial charge in [0.05, 0.1) is 34.9 Å². The fourth-order valence-corrected chi connectivity index (χ4v) is 4.18. The molecule has 0 fully saturated rings. The molecule has 0 aromatic heterocycles. The first-order valence-corrected chi connectivity index (χ1v) is 10.4. The van der Waals surface area contributed by atoms with Crippen molar-refractivity contribution in [1.29, 1.82) is 10.5 Å². The van der Waals surface area contributed by atoms with Gasteiger partial charge in [-0.25, -0.2) is 0 Å². The summed E-state index contributed by atoms with van der Waals surface area (Å²) in [6.07, 6.45) is 0. The maximum atomic E-state index is 10.2. The lowest BCUT2D eigenvalue weighted by Gasteiger charge is -2.27. The molecule has 2 N–H and O–H groups in total. The molecular formula is C27H16N4O2. The van der Waals surface area contributed by atoms with Crippen LogP contribution in [0.1, 0.15) is 11.1 Å². The predicted octanol–water partition coefficient (Wildman–Crippen LogP) is 6.72.